The van der Waals surface area contributed by atoms with Crippen LogP contribution in [-0.4, -0.2) is 31.6 Å². The highest BCUT2D eigenvalue weighted by molar-refractivity contribution is 5.78. The van der Waals surface area contributed by atoms with E-state index in [-0.39, 0.29) is 5.91 Å². The highest BCUT2D eigenvalue weighted by atomic mass is 16.1. The Morgan fingerprint density at radius 3 is 2.80 bits per heavy atom. The third kappa shape index (κ3) is 4.07. The van der Waals surface area contributed by atoms with E-state index >= 15 is 0 Å². The molecule has 25 heavy (non-hydrogen) atoms. The lowest BCUT2D eigenvalue weighted by molar-refractivity contribution is -0.120. The molecule has 0 aliphatic carbocycles. The summed E-state index contributed by atoms with van der Waals surface area (Å²) < 4.78 is 3.96. The van der Waals surface area contributed by atoms with Gasteiger partial charge in [0.05, 0.1) is 17.8 Å². The van der Waals surface area contributed by atoms with Gasteiger partial charge < -0.3 is 9.72 Å². The van der Waals surface area contributed by atoms with E-state index in [0.29, 0.717) is 18.9 Å². The number of aromatic nitrogens is 4. The molecule has 132 valence electrons. The number of rotatable bonds is 6. The van der Waals surface area contributed by atoms with Crippen LogP contribution >= 0.6 is 0 Å². The number of nitrogens with zero attached hydrogens (tertiary/aromatic N) is 4. The number of pyridine rings is 1. The number of carbonyl (C=O) groups is 1. The lowest BCUT2D eigenvalue weighted by Gasteiger charge is -2.13. The summed E-state index contributed by atoms with van der Waals surface area (Å²) in [6.07, 6.45) is 4.17. The third-order valence-corrected chi connectivity index (χ3v) is 4.31. The van der Waals surface area contributed by atoms with Gasteiger partial charge in [-0.05, 0) is 44.4 Å². The van der Waals surface area contributed by atoms with Crippen molar-refractivity contribution in [1.29, 1.82) is 0 Å². The summed E-state index contributed by atoms with van der Waals surface area (Å²) in [4.78, 5) is 16.8. The van der Waals surface area contributed by atoms with Crippen LogP contribution in [0.1, 0.15) is 29.6 Å². The Kier molecular flexibility index (Phi) is 4.88. The highest BCUT2D eigenvalue weighted by Crippen LogP contribution is 2.10. The van der Waals surface area contributed by atoms with Crippen molar-refractivity contribution in [2.45, 2.75) is 40.7 Å². The molecule has 3 aromatic rings. The molecule has 0 unspecified atom stereocenters. The summed E-state index contributed by atoms with van der Waals surface area (Å²) in [7, 11) is 0. The molecule has 0 fully saturated rings. The van der Waals surface area contributed by atoms with Gasteiger partial charge in [-0.25, -0.2) is 4.98 Å². The van der Waals surface area contributed by atoms with Crippen LogP contribution in [0.4, 0.5) is 0 Å². The SMILES string of the molecule is Cc1cc(C)n(C[C@@H](C)CNC(=O)Cc2cn3cccc(C)c3n2)n1. The molecule has 0 saturated heterocycles. The zero-order valence-corrected chi connectivity index (χ0v) is 15.3. The van der Waals surface area contributed by atoms with Crippen LogP contribution in [0.15, 0.2) is 30.6 Å². The van der Waals surface area contributed by atoms with E-state index < -0.39 is 0 Å². The van der Waals surface area contributed by atoms with E-state index in [1.165, 1.54) is 0 Å². The molecule has 0 spiro atoms. The van der Waals surface area contributed by atoms with E-state index in [1.807, 2.05) is 47.5 Å². The standard InChI is InChI=1S/C19H25N5O/c1-13(11-24-16(4)8-15(3)22-24)10-20-18(25)9-17-12-23-7-5-6-14(2)19(23)21-17/h5-8,12-13H,9-11H2,1-4H3,(H,20,25)/t13-/m0/s1. The second-order valence-electron chi connectivity index (χ2n) is 6.85. The maximum Gasteiger partial charge on any atom is 0.226 e. The van der Waals surface area contributed by atoms with Gasteiger partial charge in [0.15, 0.2) is 0 Å². The van der Waals surface area contributed by atoms with Crippen molar-refractivity contribution in [3.05, 3.63) is 53.2 Å². The van der Waals surface area contributed by atoms with E-state index in [2.05, 4.69) is 35.3 Å². The van der Waals surface area contributed by atoms with Crippen molar-refractivity contribution in [1.82, 2.24) is 24.5 Å². The number of aryl methyl sites for hydroxylation is 3. The van der Waals surface area contributed by atoms with Crippen molar-refractivity contribution in [3.63, 3.8) is 0 Å². The van der Waals surface area contributed by atoms with Gasteiger partial charge in [0.2, 0.25) is 5.91 Å². The Balaban J connectivity index is 1.53. The molecule has 6 nitrogen and oxygen atoms in total. The highest BCUT2D eigenvalue weighted by Gasteiger charge is 2.11. The molecule has 3 aromatic heterocycles. The number of carbonyl (C=O) groups excluding carboxylic acids is 1. The molecule has 1 amide bonds. The number of hydrogen-bond acceptors (Lipinski definition) is 3. The molecule has 0 aliphatic rings. The lowest BCUT2D eigenvalue weighted by atomic mass is 10.1. The normalized spacial score (nSPS) is 12.5. The second-order valence-corrected chi connectivity index (χ2v) is 6.85. The van der Waals surface area contributed by atoms with Gasteiger partial charge in [0.25, 0.3) is 0 Å². The Bertz CT molecular complexity index is 892. The van der Waals surface area contributed by atoms with Gasteiger partial charge in [-0.3, -0.25) is 9.48 Å². The second kappa shape index (κ2) is 7.09. The molecule has 0 radical (unpaired) electrons. The summed E-state index contributed by atoms with van der Waals surface area (Å²) in [5, 5.41) is 7.48. The smallest absolute Gasteiger partial charge is 0.226 e. The Morgan fingerprint density at radius 1 is 1.32 bits per heavy atom. The molecule has 0 saturated carbocycles. The van der Waals surface area contributed by atoms with Gasteiger partial charge in [-0.15, -0.1) is 0 Å². The van der Waals surface area contributed by atoms with Gasteiger partial charge in [0.1, 0.15) is 5.65 Å². The first-order valence-corrected chi connectivity index (χ1v) is 8.63. The van der Waals surface area contributed by atoms with Crippen LogP contribution in [0, 0.1) is 26.7 Å². The summed E-state index contributed by atoms with van der Waals surface area (Å²) in [5.74, 6) is 0.312. The van der Waals surface area contributed by atoms with E-state index in [9.17, 15) is 4.79 Å². The van der Waals surface area contributed by atoms with Crippen LogP contribution in [-0.2, 0) is 17.8 Å². The summed E-state index contributed by atoms with van der Waals surface area (Å²) in [6, 6.07) is 6.07. The molecule has 3 heterocycles. The first-order chi connectivity index (χ1) is 11.9. The fourth-order valence-electron chi connectivity index (χ4n) is 3.02. The van der Waals surface area contributed by atoms with E-state index in [4.69, 9.17) is 0 Å². The van der Waals surface area contributed by atoms with E-state index in [0.717, 1.165) is 34.8 Å². The number of amides is 1. The van der Waals surface area contributed by atoms with Crippen molar-refractivity contribution >= 4 is 11.6 Å². The van der Waals surface area contributed by atoms with E-state index in [1.54, 1.807) is 0 Å². The maximum absolute atomic E-state index is 12.2. The topological polar surface area (TPSA) is 64.2 Å². The molecule has 0 aromatic carbocycles. The summed E-state index contributed by atoms with van der Waals surface area (Å²) >= 11 is 0. The quantitative estimate of drug-likeness (QED) is 0.750. The Morgan fingerprint density at radius 2 is 2.12 bits per heavy atom. The predicted octanol–water partition coefficient (Wildman–Crippen LogP) is 2.45. The van der Waals surface area contributed by atoms with Crippen LogP contribution in [0.5, 0.6) is 0 Å². The van der Waals surface area contributed by atoms with Gasteiger partial charge in [0, 0.05) is 31.2 Å². The van der Waals surface area contributed by atoms with Crippen molar-refractivity contribution < 1.29 is 4.79 Å². The Labute approximate surface area is 147 Å². The molecule has 0 aliphatic heterocycles. The third-order valence-electron chi connectivity index (χ3n) is 4.31. The minimum atomic E-state index is 0.00118. The first kappa shape index (κ1) is 17.2. The number of imidazole rings is 1. The van der Waals surface area contributed by atoms with Crippen LogP contribution in [0.25, 0.3) is 5.65 Å². The average molecular weight is 339 g/mol. The first-order valence-electron chi connectivity index (χ1n) is 8.63. The maximum atomic E-state index is 12.2. The van der Waals surface area contributed by atoms with Crippen molar-refractivity contribution in [2.24, 2.45) is 5.92 Å². The monoisotopic (exact) mass is 339 g/mol. The molecular formula is C19H25N5O. The summed E-state index contributed by atoms with van der Waals surface area (Å²) in [5.41, 5.74) is 4.97. The molecule has 1 N–H and O–H groups in total. The largest absolute Gasteiger partial charge is 0.355 e. The predicted molar refractivity (Wildman–Crippen MR) is 97.5 cm³/mol. The number of fused-ring (bicyclic) bond motifs is 1. The zero-order chi connectivity index (χ0) is 18.0. The van der Waals surface area contributed by atoms with Crippen LogP contribution in [0.2, 0.25) is 0 Å². The minimum absolute atomic E-state index is 0.00118. The molecule has 6 heteroatoms. The van der Waals surface area contributed by atoms with Crippen LogP contribution in [0.3, 0.4) is 0 Å². The van der Waals surface area contributed by atoms with Gasteiger partial charge in [-0.2, -0.15) is 5.10 Å². The molecule has 3 rings (SSSR count). The van der Waals surface area contributed by atoms with Gasteiger partial charge in [-0.1, -0.05) is 13.0 Å². The Hall–Kier alpha value is -2.63. The molecule has 1 atom stereocenters. The minimum Gasteiger partial charge on any atom is -0.355 e. The molecular weight excluding hydrogens is 314 g/mol. The average Bonchev–Trinajstić information content (AvgIpc) is 3.09. The number of hydrogen-bond donors (Lipinski definition) is 1. The zero-order valence-electron chi connectivity index (χ0n) is 15.3. The van der Waals surface area contributed by atoms with Crippen molar-refractivity contribution in [2.75, 3.05) is 6.54 Å². The van der Waals surface area contributed by atoms with Crippen LogP contribution < -0.4 is 5.32 Å². The van der Waals surface area contributed by atoms with Crippen molar-refractivity contribution in [3.8, 4) is 0 Å². The van der Waals surface area contributed by atoms with Gasteiger partial charge >= 0.3 is 0 Å². The summed E-state index contributed by atoms with van der Waals surface area (Å²) in [6.45, 7) is 9.61. The molecule has 0 bridgehead atoms. The fourth-order valence-corrected chi connectivity index (χ4v) is 3.02. The number of nitrogens with one attached hydrogen (secondary N) is 1. The fraction of sp³-hybridized carbons (Fsp3) is 0.421. The lowest BCUT2D eigenvalue weighted by Crippen LogP contribution is -2.31.